The van der Waals surface area contributed by atoms with Crippen molar-refractivity contribution in [3.8, 4) is 28.7 Å². The van der Waals surface area contributed by atoms with Crippen LogP contribution in [0.25, 0.3) is 11.1 Å². The molecule has 0 saturated carbocycles. The second-order valence-corrected chi connectivity index (χ2v) is 6.34. The van der Waals surface area contributed by atoms with Gasteiger partial charge in [0.2, 0.25) is 0 Å². The van der Waals surface area contributed by atoms with Crippen LogP contribution >= 0.6 is 0 Å². The topological polar surface area (TPSA) is 130 Å². The SMILES string of the molecule is N#Cc1c(NCc2cccnc2)nc(N)c(C=N)c1-c1ccc2c(c1)OCCO2. The summed E-state index contributed by atoms with van der Waals surface area (Å²) in [6.45, 7) is 1.38. The van der Waals surface area contributed by atoms with Crippen LogP contribution in [0.5, 0.6) is 11.5 Å². The van der Waals surface area contributed by atoms with E-state index in [1.165, 1.54) is 0 Å². The van der Waals surface area contributed by atoms with Gasteiger partial charge in [0.1, 0.15) is 36.5 Å². The molecule has 4 N–H and O–H groups in total. The predicted molar refractivity (Wildman–Crippen MR) is 109 cm³/mol. The minimum absolute atomic E-state index is 0.164. The number of aromatic nitrogens is 2. The molecule has 0 amide bonds. The third kappa shape index (κ3) is 3.53. The number of nitrogen functional groups attached to an aromatic ring is 1. The van der Waals surface area contributed by atoms with Gasteiger partial charge in [0.15, 0.2) is 11.5 Å². The molecule has 1 aromatic carbocycles. The molecule has 4 rings (SSSR count). The van der Waals surface area contributed by atoms with Crippen LogP contribution in [0.2, 0.25) is 0 Å². The van der Waals surface area contributed by atoms with E-state index >= 15 is 0 Å². The minimum Gasteiger partial charge on any atom is -0.486 e. The molecule has 1 aliphatic heterocycles. The van der Waals surface area contributed by atoms with Crippen molar-refractivity contribution in [3.05, 3.63) is 59.4 Å². The lowest BCUT2D eigenvalue weighted by Crippen LogP contribution is -2.15. The molecule has 3 heterocycles. The van der Waals surface area contributed by atoms with Crippen molar-refractivity contribution < 1.29 is 9.47 Å². The summed E-state index contributed by atoms with van der Waals surface area (Å²) in [5.74, 6) is 1.75. The van der Waals surface area contributed by atoms with Crippen LogP contribution in [-0.2, 0) is 6.54 Å². The molecular formula is C21H18N6O2. The Morgan fingerprint density at radius 1 is 1.24 bits per heavy atom. The molecule has 0 aliphatic carbocycles. The fourth-order valence-electron chi connectivity index (χ4n) is 3.19. The van der Waals surface area contributed by atoms with E-state index in [-0.39, 0.29) is 5.82 Å². The molecule has 0 spiro atoms. The zero-order chi connectivity index (χ0) is 20.2. The Kier molecular flexibility index (Phi) is 4.95. The summed E-state index contributed by atoms with van der Waals surface area (Å²) in [4.78, 5) is 8.40. The largest absolute Gasteiger partial charge is 0.486 e. The van der Waals surface area contributed by atoms with Gasteiger partial charge < -0.3 is 25.9 Å². The van der Waals surface area contributed by atoms with Crippen molar-refractivity contribution in [2.45, 2.75) is 6.54 Å². The molecule has 0 radical (unpaired) electrons. The Balaban J connectivity index is 1.80. The number of ether oxygens (including phenoxy) is 2. The summed E-state index contributed by atoms with van der Waals surface area (Å²) in [6.07, 6.45) is 4.54. The average molecular weight is 386 g/mol. The minimum atomic E-state index is 0.164. The number of nitrogens with zero attached hydrogens (tertiary/aromatic N) is 3. The van der Waals surface area contributed by atoms with Gasteiger partial charge in [0.25, 0.3) is 0 Å². The number of rotatable bonds is 5. The molecule has 8 heteroatoms. The van der Waals surface area contributed by atoms with Crippen LogP contribution in [0.15, 0.2) is 42.7 Å². The normalized spacial score (nSPS) is 12.1. The summed E-state index contributed by atoms with van der Waals surface area (Å²) in [7, 11) is 0. The lowest BCUT2D eigenvalue weighted by molar-refractivity contribution is 0.171. The summed E-state index contributed by atoms with van der Waals surface area (Å²) < 4.78 is 11.2. The molecule has 0 saturated heterocycles. The van der Waals surface area contributed by atoms with Gasteiger partial charge in [0, 0.05) is 36.3 Å². The standard InChI is InChI=1S/C21H18N6O2/c22-9-15-19(14-3-4-17-18(8-14)29-7-6-28-17)16(10-23)21(27-20(15)24)26-12-13-2-1-5-25-11-13/h1-5,8-9,11,22H,6-7,12H2,(H3,24,26,27). The summed E-state index contributed by atoms with van der Waals surface area (Å²) >= 11 is 0. The number of fused-ring (bicyclic) bond motifs is 1. The molecule has 1 aliphatic rings. The maximum Gasteiger partial charge on any atom is 0.161 e. The third-order valence-electron chi connectivity index (χ3n) is 4.53. The number of anilines is 2. The Morgan fingerprint density at radius 3 is 2.79 bits per heavy atom. The smallest absolute Gasteiger partial charge is 0.161 e. The van der Waals surface area contributed by atoms with Gasteiger partial charge in [-0.25, -0.2) is 4.98 Å². The number of benzene rings is 1. The maximum absolute atomic E-state index is 9.89. The van der Waals surface area contributed by atoms with Gasteiger partial charge in [-0.1, -0.05) is 12.1 Å². The number of nitrogens with two attached hydrogens (primary N) is 1. The molecule has 144 valence electrons. The lowest BCUT2D eigenvalue weighted by Gasteiger charge is -2.20. The van der Waals surface area contributed by atoms with Crippen LogP contribution < -0.4 is 20.5 Å². The van der Waals surface area contributed by atoms with Crippen LogP contribution in [0.1, 0.15) is 16.7 Å². The van der Waals surface area contributed by atoms with Crippen molar-refractivity contribution >= 4 is 17.9 Å². The van der Waals surface area contributed by atoms with E-state index in [9.17, 15) is 5.26 Å². The number of hydrogen-bond donors (Lipinski definition) is 3. The first-order chi connectivity index (χ1) is 14.2. The van der Waals surface area contributed by atoms with Crippen LogP contribution in [0, 0.1) is 16.7 Å². The maximum atomic E-state index is 9.89. The molecular weight excluding hydrogens is 368 g/mol. The molecule has 29 heavy (non-hydrogen) atoms. The van der Waals surface area contributed by atoms with Gasteiger partial charge in [-0.05, 0) is 29.3 Å². The highest BCUT2D eigenvalue weighted by Crippen LogP contribution is 2.39. The number of nitriles is 1. The monoisotopic (exact) mass is 386 g/mol. The van der Waals surface area contributed by atoms with E-state index in [1.54, 1.807) is 24.5 Å². The number of pyridine rings is 2. The van der Waals surface area contributed by atoms with E-state index in [0.29, 0.717) is 59.3 Å². The van der Waals surface area contributed by atoms with Crippen LogP contribution in [0.3, 0.4) is 0 Å². The first kappa shape index (κ1) is 18.3. The number of nitrogens with one attached hydrogen (secondary N) is 2. The molecule has 0 fully saturated rings. The zero-order valence-electron chi connectivity index (χ0n) is 15.5. The molecule has 0 atom stereocenters. The van der Waals surface area contributed by atoms with Crippen LogP contribution in [0.4, 0.5) is 11.6 Å². The van der Waals surface area contributed by atoms with Gasteiger partial charge in [-0.2, -0.15) is 5.26 Å². The Morgan fingerprint density at radius 2 is 2.07 bits per heavy atom. The predicted octanol–water partition coefficient (Wildman–Crippen LogP) is 2.98. The van der Waals surface area contributed by atoms with Crippen molar-refractivity contribution in [3.63, 3.8) is 0 Å². The summed E-state index contributed by atoms with van der Waals surface area (Å²) in [5, 5.41) is 20.9. The Hall–Kier alpha value is -4.12. The summed E-state index contributed by atoms with van der Waals surface area (Å²) in [5.41, 5.74) is 8.97. The second-order valence-electron chi connectivity index (χ2n) is 6.34. The van der Waals surface area contributed by atoms with Crippen molar-refractivity contribution in [1.29, 1.82) is 10.7 Å². The quantitative estimate of drug-likeness (QED) is 0.575. The van der Waals surface area contributed by atoms with E-state index in [4.69, 9.17) is 20.6 Å². The molecule has 0 bridgehead atoms. The molecule has 3 aromatic rings. The molecule has 8 nitrogen and oxygen atoms in total. The van der Waals surface area contributed by atoms with Crippen LogP contribution in [-0.4, -0.2) is 29.4 Å². The van der Waals surface area contributed by atoms with Gasteiger partial charge in [-0.3, -0.25) is 4.98 Å². The van der Waals surface area contributed by atoms with Gasteiger partial charge in [-0.15, -0.1) is 0 Å². The fourth-order valence-corrected chi connectivity index (χ4v) is 3.19. The molecule has 0 unspecified atom stereocenters. The number of hydrogen-bond acceptors (Lipinski definition) is 8. The zero-order valence-corrected chi connectivity index (χ0v) is 15.5. The van der Waals surface area contributed by atoms with E-state index in [0.717, 1.165) is 11.8 Å². The first-order valence-corrected chi connectivity index (χ1v) is 8.98. The summed E-state index contributed by atoms with van der Waals surface area (Å²) in [6, 6.07) is 11.4. The third-order valence-corrected chi connectivity index (χ3v) is 4.53. The average Bonchev–Trinajstić information content (AvgIpc) is 2.77. The highest BCUT2D eigenvalue weighted by Gasteiger charge is 2.21. The fraction of sp³-hybridized carbons (Fsp3) is 0.143. The highest BCUT2D eigenvalue weighted by molar-refractivity contribution is 5.98. The van der Waals surface area contributed by atoms with Gasteiger partial charge in [0.05, 0.1) is 0 Å². The van der Waals surface area contributed by atoms with E-state index in [1.807, 2.05) is 18.2 Å². The van der Waals surface area contributed by atoms with Crippen molar-refractivity contribution in [1.82, 2.24) is 9.97 Å². The van der Waals surface area contributed by atoms with Gasteiger partial charge >= 0.3 is 0 Å². The van der Waals surface area contributed by atoms with E-state index < -0.39 is 0 Å². The molecule has 2 aromatic heterocycles. The Labute approximate surface area is 167 Å². The Bertz CT molecular complexity index is 1110. The second kappa shape index (κ2) is 7.86. The van der Waals surface area contributed by atoms with Crippen molar-refractivity contribution in [2.75, 3.05) is 24.3 Å². The van der Waals surface area contributed by atoms with Crippen molar-refractivity contribution in [2.24, 2.45) is 0 Å². The first-order valence-electron chi connectivity index (χ1n) is 8.98. The highest BCUT2D eigenvalue weighted by atomic mass is 16.6. The van der Waals surface area contributed by atoms with E-state index in [2.05, 4.69) is 21.4 Å². The lowest BCUT2D eigenvalue weighted by atomic mass is 9.95.